The van der Waals surface area contributed by atoms with E-state index < -0.39 is 0 Å². The fourth-order valence-corrected chi connectivity index (χ4v) is 3.22. The largest absolute Gasteiger partial charge is 0.468 e. The maximum Gasteiger partial charge on any atom is 0.191 e. The fraction of sp³-hybridized carbons (Fsp3) is 0.381. The van der Waals surface area contributed by atoms with Gasteiger partial charge in [-0.05, 0) is 50.2 Å². The summed E-state index contributed by atoms with van der Waals surface area (Å²) < 4.78 is 7.85. The van der Waals surface area contributed by atoms with Gasteiger partial charge in [-0.15, -0.1) is 24.0 Å². The molecule has 0 aliphatic heterocycles. The molecule has 0 aliphatic rings. The van der Waals surface area contributed by atoms with E-state index in [0.717, 1.165) is 37.8 Å². The van der Waals surface area contributed by atoms with Crippen molar-refractivity contribution in [2.75, 3.05) is 34.2 Å². The van der Waals surface area contributed by atoms with Gasteiger partial charge in [0.05, 0.1) is 12.3 Å². The molecular weight excluding hydrogens is 465 g/mol. The molecule has 2 heterocycles. The number of furan rings is 1. The zero-order valence-corrected chi connectivity index (χ0v) is 19.1. The van der Waals surface area contributed by atoms with Gasteiger partial charge in [-0.2, -0.15) is 0 Å². The second-order valence-electron chi connectivity index (χ2n) is 6.80. The van der Waals surface area contributed by atoms with E-state index >= 15 is 0 Å². The van der Waals surface area contributed by atoms with Gasteiger partial charge in [0.25, 0.3) is 0 Å². The van der Waals surface area contributed by atoms with Crippen LogP contribution in [0.4, 0.5) is 0 Å². The molecule has 0 saturated carbocycles. The lowest BCUT2D eigenvalue weighted by Gasteiger charge is -2.23. The Labute approximate surface area is 184 Å². The summed E-state index contributed by atoms with van der Waals surface area (Å²) >= 11 is 0. The zero-order valence-electron chi connectivity index (χ0n) is 16.8. The minimum absolute atomic E-state index is 0. The van der Waals surface area contributed by atoms with Crippen molar-refractivity contribution in [1.82, 2.24) is 20.1 Å². The van der Waals surface area contributed by atoms with E-state index in [1.54, 1.807) is 13.3 Å². The Kier molecular flexibility index (Phi) is 8.85. The highest BCUT2D eigenvalue weighted by atomic mass is 127. The summed E-state index contributed by atoms with van der Waals surface area (Å²) in [5, 5.41) is 8.08. The lowest BCUT2D eigenvalue weighted by molar-refractivity contribution is 0.258. The number of aromatic nitrogens is 1. The fourth-order valence-electron chi connectivity index (χ4n) is 3.22. The first-order valence-electron chi connectivity index (χ1n) is 9.37. The molecule has 1 aromatic carbocycles. The average molecular weight is 495 g/mol. The van der Waals surface area contributed by atoms with E-state index in [-0.39, 0.29) is 30.0 Å². The monoisotopic (exact) mass is 495 g/mol. The molecule has 0 radical (unpaired) electrons. The van der Waals surface area contributed by atoms with Gasteiger partial charge in [0.1, 0.15) is 5.76 Å². The van der Waals surface area contributed by atoms with E-state index in [4.69, 9.17) is 4.42 Å². The van der Waals surface area contributed by atoms with Gasteiger partial charge < -0.3 is 19.6 Å². The van der Waals surface area contributed by atoms with Crippen LogP contribution in [-0.2, 0) is 6.54 Å². The predicted octanol–water partition coefficient (Wildman–Crippen LogP) is 3.71. The van der Waals surface area contributed by atoms with Crippen molar-refractivity contribution in [3.63, 3.8) is 0 Å². The highest BCUT2D eigenvalue weighted by Gasteiger charge is 2.17. The molecule has 0 aliphatic carbocycles. The molecule has 3 rings (SSSR count). The molecular formula is C21H30IN5O. The molecule has 0 spiro atoms. The van der Waals surface area contributed by atoms with E-state index in [2.05, 4.69) is 61.6 Å². The lowest BCUT2D eigenvalue weighted by Crippen LogP contribution is -2.42. The van der Waals surface area contributed by atoms with Gasteiger partial charge in [0.2, 0.25) is 0 Å². The van der Waals surface area contributed by atoms with Crippen molar-refractivity contribution >= 4 is 40.8 Å². The quantitative estimate of drug-likeness (QED) is 0.217. The number of aryl methyl sites for hydroxylation is 1. The maximum absolute atomic E-state index is 5.55. The van der Waals surface area contributed by atoms with Crippen LogP contribution in [0.15, 0.2) is 64.3 Å². The van der Waals surface area contributed by atoms with E-state index in [1.807, 2.05) is 26.2 Å². The van der Waals surface area contributed by atoms with Crippen molar-refractivity contribution in [3.8, 4) is 0 Å². The van der Waals surface area contributed by atoms with Gasteiger partial charge in [-0.3, -0.25) is 9.89 Å². The van der Waals surface area contributed by atoms with E-state index in [0.29, 0.717) is 0 Å². The highest BCUT2D eigenvalue weighted by Crippen LogP contribution is 2.17. The van der Waals surface area contributed by atoms with Crippen LogP contribution in [0.3, 0.4) is 0 Å². The van der Waals surface area contributed by atoms with Crippen LogP contribution in [0.2, 0.25) is 0 Å². The zero-order chi connectivity index (χ0) is 19.1. The summed E-state index contributed by atoms with van der Waals surface area (Å²) in [6, 6.07) is 14.7. The van der Waals surface area contributed by atoms with E-state index in [9.17, 15) is 0 Å². The van der Waals surface area contributed by atoms with Crippen molar-refractivity contribution in [2.24, 2.45) is 4.99 Å². The van der Waals surface area contributed by atoms with Crippen LogP contribution in [-0.4, -0.2) is 49.7 Å². The molecule has 1 atom stereocenters. The van der Waals surface area contributed by atoms with Crippen LogP contribution in [0.1, 0.15) is 18.2 Å². The number of likely N-dealkylation sites (N-methyl/N-ethyl adjacent to an activating group) is 1. The molecule has 6 nitrogen and oxygen atoms in total. The molecule has 0 bridgehead atoms. The van der Waals surface area contributed by atoms with Crippen molar-refractivity contribution < 1.29 is 4.42 Å². The first kappa shape index (κ1) is 22.3. The molecule has 2 N–H and O–H groups in total. The second-order valence-corrected chi connectivity index (χ2v) is 6.80. The number of rotatable bonds is 8. The SMILES string of the molecule is CN=C(NCCCn1ccc2ccccc21)NCC(c1ccco1)N(C)C.I. The Morgan fingerprint density at radius 1 is 1.14 bits per heavy atom. The molecule has 28 heavy (non-hydrogen) atoms. The standard InChI is InChI=1S/C21H29N5O.HI/c1-22-21(24-16-19(25(2)3)20-10-6-15-27-20)23-12-7-13-26-14-11-17-8-4-5-9-18(17)26;/h4-6,8-11,14-15,19H,7,12-13,16H2,1-3H3,(H2,22,23,24);1H. The van der Waals surface area contributed by atoms with E-state index in [1.165, 1.54) is 10.9 Å². The number of hydrogen-bond donors (Lipinski definition) is 2. The molecule has 7 heteroatoms. The van der Waals surface area contributed by atoms with Gasteiger partial charge in [0, 0.05) is 38.4 Å². The number of benzene rings is 1. The minimum atomic E-state index is 0. The molecule has 1 unspecified atom stereocenters. The molecule has 0 amide bonds. The summed E-state index contributed by atoms with van der Waals surface area (Å²) in [4.78, 5) is 6.46. The van der Waals surface area contributed by atoms with Crippen LogP contribution in [0.25, 0.3) is 10.9 Å². The lowest BCUT2D eigenvalue weighted by atomic mass is 10.2. The van der Waals surface area contributed by atoms with Gasteiger partial charge in [-0.25, -0.2) is 0 Å². The summed E-state index contributed by atoms with van der Waals surface area (Å²) in [7, 11) is 5.89. The number of nitrogens with zero attached hydrogens (tertiary/aromatic N) is 3. The van der Waals surface area contributed by atoms with Crippen LogP contribution in [0.5, 0.6) is 0 Å². The van der Waals surface area contributed by atoms with Crippen molar-refractivity contribution in [3.05, 3.63) is 60.7 Å². The number of para-hydroxylation sites is 1. The Morgan fingerprint density at radius 3 is 2.68 bits per heavy atom. The summed E-state index contributed by atoms with van der Waals surface area (Å²) in [5.74, 6) is 1.76. The Morgan fingerprint density at radius 2 is 1.96 bits per heavy atom. The summed E-state index contributed by atoms with van der Waals surface area (Å²) in [5.41, 5.74) is 1.28. The van der Waals surface area contributed by atoms with Gasteiger partial charge >= 0.3 is 0 Å². The third-order valence-electron chi connectivity index (χ3n) is 4.73. The molecule has 3 aromatic rings. The van der Waals surface area contributed by atoms with Gasteiger partial charge in [-0.1, -0.05) is 18.2 Å². The number of guanidine groups is 1. The van der Waals surface area contributed by atoms with Crippen LogP contribution < -0.4 is 10.6 Å². The second kappa shape index (κ2) is 11.1. The number of hydrogen-bond acceptors (Lipinski definition) is 3. The molecule has 0 fully saturated rings. The topological polar surface area (TPSA) is 57.7 Å². The number of fused-ring (bicyclic) bond motifs is 1. The Bertz CT molecular complexity index is 857. The number of halogens is 1. The maximum atomic E-state index is 5.55. The van der Waals surface area contributed by atoms with Crippen LogP contribution in [0, 0.1) is 0 Å². The Hall–Kier alpha value is -2.00. The van der Waals surface area contributed by atoms with Gasteiger partial charge in [0.15, 0.2) is 5.96 Å². The first-order chi connectivity index (χ1) is 13.2. The number of nitrogens with one attached hydrogen (secondary N) is 2. The highest BCUT2D eigenvalue weighted by molar-refractivity contribution is 14.0. The molecule has 2 aromatic heterocycles. The summed E-state index contributed by atoms with van der Waals surface area (Å²) in [6.45, 7) is 2.56. The van der Waals surface area contributed by atoms with Crippen molar-refractivity contribution in [1.29, 1.82) is 0 Å². The third-order valence-corrected chi connectivity index (χ3v) is 4.73. The normalized spacial score (nSPS) is 12.8. The molecule has 0 saturated heterocycles. The smallest absolute Gasteiger partial charge is 0.191 e. The molecule has 152 valence electrons. The third kappa shape index (κ3) is 5.75. The minimum Gasteiger partial charge on any atom is -0.468 e. The number of aliphatic imine (C=N–C) groups is 1. The predicted molar refractivity (Wildman–Crippen MR) is 126 cm³/mol. The van der Waals surface area contributed by atoms with Crippen molar-refractivity contribution in [2.45, 2.75) is 19.0 Å². The summed E-state index contributed by atoms with van der Waals surface area (Å²) in [6.07, 6.45) is 4.89. The first-order valence-corrected chi connectivity index (χ1v) is 9.37. The average Bonchev–Trinajstić information content (AvgIpc) is 3.33. The van der Waals surface area contributed by atoms with Crippen LogP contribution >= 0.6 is 24.0 Å². The Balaban J connectivity index is 0.00000280.